The van der Waals surface area contributed by atoms with E-state index >= 15 is 0 Å². The molecule has 4 nitrogen and oxygen atoms in total. The lowest BCUT2D eigenvalue weighted by atomic mass is 10.2. The molecule has 0 radical (unpaired) electrons. The van der Waals surface area contributed by atoms with Gasteiger partial charge in [-0.3, -0.25) is 9.59 Å². The van der Waals surface area contributed by atoms with E-state index in [4.69, 9.17) is 5.73 Å². The molecule has 1 heterocycles. The molecule has 0 saturated carbocycles. The summed E-state index contributed by atoms with van der Waals surface area (Å²) in [5.41, 5.74) is 4.89. The quantitative estimate of drug-likeness (QED) is 0.626. The van der Waals surface area contributed by atoms with Crippen molar-refractivity contribution in [2.75, 3.05) is 11.5 Å². The van der Waals surface area contributed by atoms with Crippen LogP contribution in [0.3, 0.4) is 0 Å². The number of nitrogens with two attached hydrogens (primary N) is 1. The first-order chi connectivity index (χ1) is 6.18. The third-order valence-electron chi connectivity index (χ3n) is 1.86. The molecule has 13 heavy (non-hydrogen) atoms. The first-order valence-electron chi connectivity index (χ1n) is 4.34. The van der Waals surface area contributed by atoms with Crippen LogP contribution in [0.1, 0.15) is 19.3 Å². The van der Waals surface area contributed by atoms with Crippen molar-refractivity contribution in [2.24, 2.45) is 5.73 Å². The van der Waals surface area contributed by atoms with Crippen LogP contribution < -0.4 is 11.1 Å². The molecule has 1 aliphatic heterocycles. The van der Waals surface area contributed by atoms with Crippen LogP contribution in [0.25, 0.3) is 0 Å². The highest BCUT2D eigenvalue weighted by atomic mass is 32.2. The Bertz CT molecular complexity index is 202. The standard InChI is InChI=1S/C8H14N2O2S/c9-7(11)4-8(12)10-6-2-1-3-13-5-6/h6H,1-5H2,(H2,9,11)(H,10,12). The largest absolute Gasteiger partial charge is 0.369 e. The summed E-state index contributed by atoms with van der Waals surface area (Å²) in [6.45, 7) is 0. The van der Waals surface area contributed by atoms with Gasteiger partial charge in [-0.05, 0) is 18.6 Å². The lowest BCUT2D eigenvalue weighted by molar-refractivity contribution is -0.128. The van der Waals surface area contributed by atoms with E-state index < -0.39 is 5.91 Å². The number of carbonyl (C=O) groups is 2. The van der Waals surface area contributed by atoms with Crippen LogP contribution in [0.2, 0.25) is 0 Å². The molecule has 1 atom stereocenters. The third kappa shape index (κ3) is 4.17. The zero-order valence-electron chi connectivity index (χ0n) is 7.41. The highest BCUT2D eigenvalue weighted by molar-refractivity contribution is 7.99. The van der Waals surface area contributed by atoms with Gasteiger partial charge in [0.2, 0.25) is 11.8 Å². The van der Waals surface area contributed by atoms with E-state index in [0.29, 0.717) is 0 Å². The molecule has 0 aromatic carbocycles. The van der Waals surface area contributed by atoms with Crippen molar-refractivity contribution in [3.8, 4) is 0 Å². The van der Waals surface area contributed by atoms with Crippen LogP contribution in [0, 0.1) is 0 Å². The third-order valence-corrected chi connectivity index (χ3v) is 3.08. The average molecular weight is 202 g/mol. The maximum Gasteiger partial charge on any atom is 0.229 e. The number of nitrogens with one attached hydrogen (secondary N) is 1. The Morgan fingerprint density at radius 3 is 2.85 bits per heavy atom. The summed E-state index contributed by atoms with van der Waals surface area (Å²) in [6, 6.07) is 0.227. The molecule has 2 amide bonds. The summed E-state index contributed by atoms with van der Waals surface area (Å²) < 4.78 is 0. The van der Waals surface area contributed by atoms with Crippen molar-refractivity contribution in [2.45, 2.75) is 25.3 Å². The van der Waals surface area contributed by atoms with Gasteiger partial charge in [-0.2, -0.15) is 11.8 Å². The summed E-state index contributed by atoms with van der Waals surface area (Å²) in [5, 5.41) is 2.79. The van der Waals surface area contributed by atoms with Crippen molar-refractivity contribution in [3.05, 3.63) is 0 Å². The van der Waals surface area contributed by atoms with Gasteiger partial charge in [-0.15, -0.1) is 0 Å². The molecule has 1 saturated heterocycles. The van der Waals surface area contributed by atoms with Crippen LogP contribution in [-0.4, -0.2) is 29.4 Å². The summed E-state index contributed by atoms with van der Waals surface area (Å²) in [6.07, 6.45) is 1.95. The molecule has 74 valence electrons. The fourth-order valence-corrected chi connectivity index (χ4v) is 2.36. The van der Waals surface area contributed by atoms with E-state index in [2.05, 4.69) is 5.32 Å². The van der Waals surface area contributed by atoms with Gasteiger partial charge in [0.15, 0.2) is 0 Å². The molecule has 1 fully saturated rings. The van der Waals surface area contributed by atoms with Gasteiger partial charge >= 0.3 is 0 Å². The van der Waals surface area contributed by atoms with Crippen LogP contribution in [0.5, 0.6) is 0 Å². The number of primary amides is 1. The Morgan fingerprint density at radius 2 is 2.31 bits per heavy atom. The van der Waals surface area contributed by atoms with E-state index in [9.17, 15) is 9.59 Å². The SMILES string of the molecule is NC(=O)CC(=O)NC1CCCSC1. The Kier molecular flexibility index (Phi) is 4.08. The second kappa shape index (κ2) is 5.11. The minimum atomic E-state index is -0.569. The highest BCUT2D eigenvalue weighted by Crippen LogP contribution is 2.16. The number of amides is 2. The predicted molar refractivity (Wildman–Crippen MR) is 52.3 cm³/mol. The van der Waals surface area contributed by atoms with Crippen LogP contribution in [0.4, 0.5) is 0 Å². The lowest BCUT2D eigenvalue weighted by Gasteiger charge is -2.22. The normalized spacial score (nSPS) is 22.3. The molecule has 0 aromatic heterocycles. The summed E-state index contributed by atoms with van der Waals surface area (Å²) >= 11 is 1.83. The molecule has 1 rings (SSSR count). The van der Waals surface area contributed by atoms with Gasteiger partial charge in [0.1, 0.15) is 6.42 Å². The Morgan fingerprint density at radius 1 is 1.54 bits per heavy atom. The van der Waals surface area contributed by atoms with Crippen molar-refractivity contribution in [1.82, 2.24) is 5.32 Å². The number of thioether (sulfide) groups is 1. The fraction of sp³-hybridized carbons (Fsp3) is 0.750. The molecular weight excluding hydrogens is 188 g/mol. The summed E-state index contributed by atoms with van der Waals surface area (Å²) in [7, 11) is 0. The fourth-order valence-electron chi connectivity index (χ4n) is 1.29. The monoisotopic (exact) mass is 202 g/mol. The van der Waals surface area contributed by atoms with Crippen LogP contribution >= 0.6 is 11.8 Å². The van der Waals surface area contributed by atoms with Gasteiger partial charge in [-0.1, -0.05) is 0 Å². The first-order valence-corrected chi connectivity index (χ1v) is 5.49. The maximum atomic E-state index is 11.1. The van der Waals surface area contributed by atoms with E-state index in [1.165, 1.54) is 5.75 Å². The predicted octanol–water partition coefficient (Wildman–Crippen LogP) is -0.126. The van der Waals surface area contributed by atoms with Gasteiger partial charge in [-0.25, -0.2) is 0 Å². The molecule has 0 spiro atoms. The summed E-state index contributed by atoms with van der Waals surface area (Å²) in [4.78, 5) is 21.5. The maximum absolute atomic E-state index is 11.1. The Balaban J connectivity index is 2.22. The molecule has 3 N–H and O–H groups in total. The molecule has 0 bridgehead atoms. The smallest absolute Gasteiger partial charge is 0.229 e. The second-order valence-electron chi connectivity index (χ2n) is 3.12. The van der Waals surface area contributed by atoms with E-state index in [1.807, 2.05) is 11.8 Å². The van der Waals surface area contributed by atoms with E-state index in [1.54, 1.807) is 0 Å². The molecule has 1 unspecified atom stereocenters. The highest BCUT2D eigenvalue weighted by Gasteiger charge is 2.16. The van der Waals surface area contributed by atoms with Crippen molar-refractivity contribution in [3.63, 3.8) is 0 Å². The lowest BCUT2D eigenvalue weighted by Crippen LogP contribution is -2.39. The first kappa shape index (κ1) is 10.4. The number of hydrogen-bond acceptors (Lipinski definition) is 3. The van der Waals surface area contributed by atoms with Gasteiger partial charge < -0.3 is 11.1 Å². The van der Waals surface area contributed by atoms with Crippen LogP contribution in [0.15, 0.2) is 0 Å². The minimum Gasteiger partial charge on any atom is -0.369 e. The zero-order chi connectivity index (χ0) is 9.68. The van der Waals surface area contributed by atoms with Gasteiger partial charge in [0, 0.05) is 11.8 Å². The molecule has 0 aromatic rings. The molecular formula is C8H14N2O2S. The van der Waals surface area contributed by atoms with Crippen molar-refractivity contribution >= 4 is 23.6 Å². The summed E-state index contributed by atoms with van der Waals surface area (Å²) in [5.74, 6) is 1.30. The molecule has 5 heteroatoms. The van der Waals surface area contributed by atoms with Crippen LogP contribution in [-0.2, 0) is 9.59 Å². The van der Waals surface area contributed by atoms with E-state index in [0.717, 1.165) is 18.6 Å². The van der Waals surface area contributed by atoms with Gasteiger partial charge in [0.25, 0.3) is 0 Å². The number of carbonyl (C=O) groups excluding carboxylic acids is 2. The molecule has 1 aliphatic rings. The minimum absolute atomic E-state index is 0.193. The van der Waals surface area contributed by atoms with Gasteiger partial charge in [0.05, 0.1) is 0 Å². The number of rotatable bonds is 3. The second-order valence-corrected chi connectivity index (χ2v) is 4.27. The van der Waals surface area contributed by atoms with Crippen molar-refractivity contribution in [1.29, 1.82) is 0 Å². The number of hydrogen-bond donors (Lipinski definition) is 2. The topological polar surface area (TPSA) is 72.2 Å². The van der Waals surface area contributed by atoms with Crippen molar-refractivity contribution < 1.29 is 9.59 Å². The zero-order valence-corrected chi connectivity index (χ0v) is 8.23. The molecule has 0 aliphatic carbocycles. The Labute approximate surface area is 81.6 Å². The Hall–Kier alpha value is -0.710. The van der Waals surface area contributed by atoms with E-state index in [-0.39, 0.29) is 18.4 Å². The average Bonchev–Trinajstić information content (AvgIpc) is 2.04.